The van der Waals surface area contributed by atoms with E-state index >= 15 is 0 Å². The van der Waals surface area contributed by atoms with Crippen molar-refractivity contribution in [2.24, 2.45) is 0 Å². The number of rotatable bonds is 9. The van der Waals surface area contributed by atoms with Gasteiger partial charge >= 0.3 is 5.97 Å². The average molecular weight is 582 g/mol. The molecular formula is C33H35N5O3S. The van der Waals surface area contributed by atoms with Crippen molar-refractivity contribution < 1.29 is 14.3 Å². The quantitative estimate of drug-likeness (QED) is 0.190. The number of methoxy groups -OCH3 is 1. The molecule has 0 saturated carbocycles. The number of para-hydroxylation sites is 1. The van der Waals surface area contributed by atoms with Crippen LogP contribution < -0.4 is 10.6 Å². The smallest absolute Gasteiger partial charge is 0.337 e. The van der Waals surface area contributed by atoms with E-state index in [0.29, 0.717) is 17.2 Å². The first-order valence-electron chi connectivity index (χ1n) is 14.1. The van der Waals surface area contributed by atoms with Gasteiger partial charge in [-0.1, -0.05) is 37.3 Å². The third kappa shape index (κ3) is 5.78. The number of pyridine rings is 1. The zero-order valence-electron chi connectivity index (χ0n) is 24.3. The van der Waals surface area contributed by atoms with Gasteiger partial charge in [0.2, 0.25) is 5.91 Å². The van der Waals surface area contributed by atoms with Gasteiger partial charge in [0, 0.05) is 41.9 Å². The summed E-state index contributed by atoms with van der Waals surface area (Å²) in [5.41, 5.74) is 7.24. The van der Waals surface area contributed by atoms with Crippen LogP contribution >= 0.6 is 12.2 Å². The van der Waals surface area contributed by atoms with Crippen molar-refractivity contribution in [1.82, 2.24) is 19.8 Å². The second-order valence-electron chi connectivity index (χ2n) is 10.3. The fourth-order valence-corrected chi connectivity index (χ4v) is 6.08. The molecule has 0 spiro atoms. The van der Waals surface area contributed by atoms with Crippen LogP contribution in [0, 0.1) is 13.8 Å². The number of carbonyl (C=O) groups is 2. The summed E-state index contributed by atoms with van der Waals surface area (Å²) in [7, 11) is 1.38. The maximum absolute atomic E-state index is 13.1. The van der Waals surface area contributed by atoms with E-state index in [1.54, 1.807) is 12.3 Å². The van der Waals surface area contributed by atoms with Gasteiger partial charge in [-0.15, -0.1) is 0 Å². The number of benzene rings is 2. The molecule has 0 aliphatic carbocycles. The summed E-state index contributed by atoms with van der Waals surface area (Å²) in [6.45, 7) is 6.61. The molecule has 1 saturated heterocycles. The van der Waals surface area contributed by atoms with E-state index in [4.69, 9.17) is 17.0 Å². The summed E-state index contributed by atoms with van der Waals surface area (Å²) in [6, 6.07) is 22.9. The Morgan fingerprint density at radius 2 is 1.83 bits per heavy atom. The highest BCUT2D eigenvalue weighted by Gasteiger charge is 2.41. The number of ether oxygens (including phenoxy) is 1. The number of carbonyl (C=O) groups excluding carboxylic acids is 2. The van der Waals surface area contributed by atoms with Crippen molar-refractivity contribution in [1.29, 1.82) is 0 Å². The Balaban J connectivity index is 1.48. The number of nitrogens with one attached hydrogen (secondary N) is 2. The lowest BCUT2D eigenvalue weighted by atomic mass is 9.96. The largest absolute Gasteiger partial charge is 0.465 e. The molecule has 1 amide bonds. The minimum Gasteiger partial charge on any atom is -0.465 e. The summed E-state index contributed by atoms with van der Waals surface area (Å²) < 4.78 is 7.07. The topological polar surface area (TPSA) is 88.5 Å². The summed E-state index contributed by atoms with van der Waals surface area (Å²) in [5, 5.41) is 7.14. The number of aromatic nitrogens is 2. The molecule has 9 heteroatoms. The van der Waals surface area contributed by atoms with Crippen molar-refractivity contribution in [3.8, 4) is 5.69 Å². The molecule has 2 aromatic carbocycles. The molecule has 3 heterocycles. The van der Waals surface area contributed by atoms with Gasteiger partial charge < -0.3 is 24.8 Å². The molecule has 0 unspecified atom stereocenters. The molecule has 4 aromatic rings. The van der Waals surface area contributed by atoms with Crippen LogP contribution in [0.2, 0.25) is 0 Å². The molecule has 1 fully saturated rings. The highest BCUT2D eigenvalue weighted by Crippen LogP contribution is 2.41. The van der Waals surface area contributed by atoms with Gasteiger partial charge in [-0.05, 0) is 86.1 Å². The van der Waals surface area contributed by atoms with Gasteiger partial charge in [-0.3, -0.25) is 9.78 Å². The number of thiocarbonyl (C=S) groups is 1. The Bertz CT molecular complexity index is 1620. The second-order valence-corrected chi connectivity index (χ2v) is 10.7. The second kappa shape index (κ2) is 12.6. The molecule has 0 bridgehead atoms. The summed E-state index contributed by atoms with van der Waals surface area (Å²) in [6.07, 6.45) is 2.88. The maximum atomic E-state index is 13.1. The Labute approximate surface area is 251 Å². The van der Waals surface area contributed by atoms with Crippen LogP contribution in [0.25, 0.3) is 5.69 Å². The zero-order valence-corrected chi connectivity index (χ0v) is 25.1. The Kier molecular flexibility index (Phi) is 8.68. The standard InChI is InChI=1S/C33H35N5O3S/c1-5-23-11-6-7-14-27(23)35-29(39)16-18-37-31(30(36-33(37)42)28-15-8-9-17-34-28)26-19-21(2)38(22(26)3)25-13-10-12-24(20-25)32(40)41-4/h6-15,17,19-20,30-31H,5,16,18H2,1-4H3,(H,35,39)(H,36,42)/t30-,31+/m0/s1. The first-order valence-corrected chi connectivity index (χ1v) is 14.5. The van der Waals surface area contributed by atoms with Gasteiger partial charge in [-0.25, -0.2) is 4.79 Å². The fraction of sp³-hybridized carbons (Fsp3) is 0.273. The van der Waals surface area contributed by atoms with E-state index in [0.717, 1.165) is 46.0 Å². The molecule has 0 radical (unpaired) electrons. The highest BCUT2D eigenvalue weighted by atomic mass is 32.1. The van der Waals surface area contributed by atoms with E-state index in [9.17, 15) is 9.59 Å². The fourth-order valence-electron chi connectivity index (χ4n) is 5.74. The molecule has 42 heavy (non-hydrogen) atoms. The monoisotopic (exact) mass is 581 g/mol. The van der Waals surface area contributed by atoms with Gasteiger partial charge in [0.1, 0.15) is 0 Å². The lowest BCUT2D eigenvalue weighted by molar-refractivity contribution is -0.116. The number of anilines is 1. The van der Waals surface area contributed by atoms with Crippen LogP contribution in [-0.4, -0.2) is 45.1 Å². The number of hydrogen-bond acceptors (Lipinski definition) is 5. The SMILES string of the molecule is CCc1ccccc1NC(=O)CCN1C(=S)N[C@@H](c2ccccn2)[C@H]1c1cc(C)n(-c2cccc(C(=O)OC)c2)c1C. The summed E-state index contributed by atoms with van der Waals surface area (Å²) in [4.78, 5) is 32.1. The van der Waals surface area contributed by atoms with Crippen LogP contribution in [0.5, 0.6) is 0 Å². The minimum atomic E-state index is -0.383. The van der Waals surface area contributed by atoms with Crippen molar-refractivity contribution >= 4 is 34.9 Å². The average Bonchev–Trinajstić information content (AvgIpc) is 3.50. The lowest BCUT2D eigenvalue weighted by Crippen LogP contribution is -2.33. The number of esters is 1. The molecular weight excluding hydrogens is 546 g/mol. The Morgan fingerprint density at radius 1 is 1.05 bits per heavy atom. The number of hydrogen-bond donors (Lipinski definition) is 2. The molecule has 2 aromatic heterocycles. The third-order valence-corrected chi connectivity index (χ3v) is 8.12. The molecule has 216 valence electrons. The molecule has 8 nitrogen and oxygen atoms in total. The first-order chi connectivity index (χ1) is 20.3. The summed E-state index contributed by atoms with van der Waals surface area (Å²) >= 11 is 5.85. The van der Waals surface area contributed by atoms with Crippen LogP contribution in [0.1, 0.15) is 64.0 Å². The van der Waals surface area contributed by atoms with E-state index in [2.05, 4.69) is 45.0 Å². The van der Waals surface area contributed by atoms with E-state index < -0.39 is 0 Å². The van der Waals surface area contributed by atoms with Crippen LogP contribution in [0.4, 0.5) is 5.69 Å². The van der Waals surface area contributed by atoms with Gasteiger partial charge in [0.25, 0.3) is 0 Å². The normalized spacial score (nSPS) is 16.3. The molecule has 2 atom stereocenters. The Hall–Kier alpha value is -4.50. The van der Waals surface area contributed by atoms with Gasteiger partial charge in [-0.2, -0.15) is 0 Å². The third-order valence-electron chi connectivity index (χ3n) is 7.76. The summed E-state index contributed by atoms with van der Waals surface area (Å²) in [5.74, 6) is -0.449. The van der Waals surface area contributed by atoms with Gasteiger partial charge in [0.05, 0.1) is 30.5 Å². The van der Waals surface area contributed by atoms with Crippen LogP contribution in [0.3, 0.4) is 0 Å². The highest BCUT2D eigenvalue weighted by molar-refractivity contribution is 7.80. The zero-order chi connectivity index (χ0) is 29.8. The molecule has 1 aliphatic rings. The Morgan fingerprint density at radius 3 is 2.57 bits per heavy atom. The number of aryl methyl sites for hydroxylation is 2. The lowest BCUT2D eigenvalue weighted by Gasteiger charge is -2.28. The predicted molar refractivity (Wildman–Crippen MR) is 168 cm³/mol. The van der Waals surface area contributed by atoms with Crippen LogP contribution in [0.15, 0.2) is 79.0 Å². The predicted octanol–water partition coefficient (Wildman–Crippen LogP) is 5.84. The number of amides is 1. The van der Waals surface area contributed by atoms with E-state index in [-0.39, 0.29) is 30.4 Å². The van der Waals surface area contributed by atoms with Crippen molar-refractivity contribution in [3.63, 3.8) is 0 Å². The van der Waals surface area contributed by atoms with E-state index in [1.165, 1.54) is 7.11 Å². The minimum absolute atomic E-state index is 0.0659. The number of nitrogens with zero attached hydrogens (tertiary/aromatic N) is 3. The van der Waals surface area contributed by atoms with E-state index in [1.807, 2.05) is 67.6 Å². The first kappa shape index (κ1) is 29.0. The van der Waals surface area contributed by atoms with Crippen molar-refractivity contribution in [3.05, 3.63) is 113 Å². The molecule has 5 rings (SSSR count). The van der Waals surface area contributed by atoms with Crippen LogP contribution in [-0.2, 0) is 16.0 Å². The van der Waals surface area contributed by atoms with Gasteiger partial charge in [0.15, 0.2) is 5.11 Å². The van der Waals surface area contributed by atoms with Crippen molar-refractivity contribution in [2.45, 2.75) is 45.7 Å². The molecule has 1 aliphatic heterocycles. The maximum Gasteiger partial charge on any atom is 0.337 e. The molecule has 2 N–H and O–H groups in total. The van der Waals surface area contributed by atoms with Crippen molar-refractivity contribution in [2.75, 3.05) is 19.0 Å².